The molecule has 2 rings (SSSR count). The van der Waals surface area contributed by atoms with Gasteiger partial charge in [-0.2, -0.15) is 0 Å². The van der Waals surface area contributed by atoms with Gasteiger partial charge in [0.25, 0.3) is 0 Å². The maximum Gasteiger partial charge on any atom is 0.120 e. The zero-order valence-electron chi connectivity index (χ0n) is 9.40. The number of nitrogens with two attached hydrogens (primary N) is 1. The molecule has 3 heteroatoms. The summed E-state index contributed by atoms with van der Waals surface area (Å²) in [7, 11) is 0. The molecule has 0 spiro atoms. The van der Waals surface area contributed by atoms with Crippen molar-refractivity contribution in [3.05, 3.63) is 54.4 Å². The lowest BCUT2D eigenvalue weighted by Gasteiger charge is -2.08. The van der Waals surface area contributed by atoms with Crippen molar-refractivity contribution in [1.82, 2.24) is 0 Å². The van der Waals surface area contributed by atoms with Crippen molar-refractivity contribution in [2.24, 2.45) is 5.73 Å². The lowest BCUT2D eigenvalue weighted by atomic mass is 10.1. The Bertz CT molecular complexity index is 536. The van der Waals surface area contributed by atoms with Gasteiger partial charge < -0.3 is 10.5 Å². The Hall–Kier alpha value is -1.87. The number of halogens is 1. The fourth-order valence-corrected chi connectivity index (χ4v) is 1.57. The maximum absolute atomic E-state index is 12.3. The Morgan fingerprint density at radius 3 is 2.65 bits per heavy atom. The molecule has 0 radical (unpaired) electrons. The van der Waals surface area contributed by atoms with Crippen LogP contribution >= 0.6 is 0 Å². The van der Waals surface area contributed by atoms with Crippen molar-refractivity contribution < 1.29 is 9.13 Å². The van der Waals surface area contributed by atoms with E-state index in [1.165, 1.54) is 0 Å². The summed E-state index contributed by atoms with van der Waals surface area (Å²) < 4.78 is 17.8. The Morgan fingerprint density at radius 2 is 1.94 bits per heavy atom. The molecule has 17 heavy (non-hydrogen) atoms. The van der Waals surface area contributed by atoms with Crippen LogP contribution in [0.2, 0.25) is 0 Å². The van der Waals surface area contributed by atoms with Crippen molar-refractivity contribution in [3.8, 4) is 5.75 Å². The van der Waals surface area contributed by atoms with Gasteiger partial charge in [-0.15, -0.1) is 0 Å². The van der Waals surface area contributed by atoms with Gasteiger partial charge in [-0.25, -0.2) is 4.39 Å². The number of ether oxygens (including phenoxy) is 1. The molecule has 2 N–H and O–H groups in total. The van der Waals surface area contributed by atoms with E-state index in [-0.39, 0.29) is 13.2 Å². The lowest BCUT2D eigenvalue weighted by Crippen LogP contribution is -2.10. The minimum absolute atomic E-state index is 0.171. The smallest absolute Gasteiger partial charge is 0.120 e. The number of fused-ring (bicyclic) bond motifs is 1. The average molecular weight is 231 g/mol. The molecule has 0 aliphatic carbocycles. The predicted molar refractivity (Wildman–Crippen MR) is 67.7 cm³/mol. The molecule has 0 aliphatic heterocycles. The van der Waals surface area contributed by atoms with Crippen LogP contribution < -0.4 is 10.5 Å². The van der Waals surface area contributed by atoms with Gasteiger partial charge in [-0.1, -0.05) is 30.3 Å². The molecule has 0 atom stereocenters. The van der Waals surface area contributed by atoms with E-state index in [4.69, 9.17) is 10.5 Å². The molecule has 0 saturated carbocycles. The first-order valence-corrected chi connectivity index (χ1v) is 5.43. The van der Waals surface area contributed by atoms with Gasteiger partial charge in [0, 0.05) is 12.1 Å². The summed E-state index contributed by atoms with van der Waals surface area (Å²) in [6, 6.07) is 13.8. The minimum atomic E-state index is 0.171. The molecule has 0 bridgehead atoms. The normalized spacial score (nSPS) is 11.8. The summed E-state index contributed by atoms with van der Waals surface area (Å²) in [5.41, 5.74) is 5.79. The summed E-state index contributed by atoms with van der Waals surface area (Å²) in [5.74, 6) is 0.719. The number of hydrogen-bond acceptors (Lipinski definition) is 2. The molecule has 2 aromatic carbocycles. The lowest BCUT2D eigenvalue weighted by molar-refractivity contribution is 0.348. The topological polar surface area (TPSA) is 35.2 Å². The van der Waals surface area contributed by atoms with Gasteiger partial charge in [0.2, 0.25) is 0 Å². The Kier molecular flexibility index (Phi) is 3.73. The Morgan fingerprint density at radius 1 is 1.18 bits per heavy atom. The van der Waals surface area contributed by atoms with E-state index in [9.17, 15) is 4.39 Å². The molecule has 88 valence electrons. The largest absolute Gasteiger partial charge is 0.489 e. The molecule has 0 saturated heterocycles. The summed E-state index contributed by atoms with van der Waals surface area (Å²) in [6.45, 7) is 0.357. The van der Waals surface area contributed by atoms with E-state index in [0.717, 1.165) is 16.5 Å². The second kappa shape index (κ2) is 5.46. The first kappa shape index (κ1) is 11.6. The first-order valence-electron chi connectivity index (χ1n) is 5.43. The van der Waals surface area contributed by atoms with Crippen LogP contribution in [0.5, 0.6) is 5.75 Å². The molecular weight excluding hydrogens is 217 g/mol. The fraction of sp³-hybridized carbons (Fsp3) is 0.143. The van der Waals surface area contributed by atoms with Crippen LogP contribution in [-0.4, -0.2) is 13.2 Å². The number of benzene rings is 2. The molecule has 2 nitrogen and oxygen atoms in total. The molecule has 2 aromatic rings. The highest BCUT2D eigenvalue weighted by molar-refractivity contribution is 5.83. The Labute approximate surface area is 99.5 Å². The molecule has 0 fully saturated rings. The van der Waals surface area contributed by atoms with Gasteiger partial charge in [-0.3, -0.25) is 0 Å². The van der Waals surface area contributed by atoms with Crippen LogP contribution in [0.25, 0.3) is 10.8 Å². The summed E-state index contributed by atoms with van der Waals surface area (Å²) in [4.78, 5) is 0. The summed E-state index contributed by atoms with van der Waals surface area (Å²) in [5, 5.41) is 2.25. The van der Waals surface area contributed by atoms with Crippen molar-refractivity contribution >= 4 is 10.8 Å². The quantitative estimate of drug-likeness (QED) is 0.877. The highest BCUT2D eigenvalue weighted by atomic mass is 19.1. The van der Waals surface area contributed by atoms with Crippen LogP contribution in [-0.2, 0) is 0 Å². The third-order valence-corrected chi connectivity index (χ3v) is 2.56. The zero-order valence-corrected chi connectivity index (χ0v) is 9.40. The van der Waals surface area contributed by atoms with E-state index in [0.29, 0.717) is 11.9 Å². The van der Waals surface area contributed by atoms with Gasteiger partial charge in [0.15, 0.2) is 0 Å². The van der Waals surface area contributed by atoms with E-state index >= 15 is 0 Å². The van der Waals surface area contributed by atoms with E-state index in [2.05, 4.69) is 0 Å². The van der Waals surface area contributed by atoms with Gasteiger partial charge in [0.1, 0.15) is 12.4 Å². The molecule has 0 aromatic heterocycles. The van der Waals surface area contributed by atoms with Gasteiger partial charge in [-0.05, 0) is 22.9 Å². The van der Waals surface area contributed by atoms with E-state index < -0.39 is 0 Å². The van der Waals surface area contributed by atoms with Crippen LogP contribution in [0, 0.1) is 0 Å². The first-order chi connectivity index (χ1) is 8.33. The van der Waals surface area contributed by atoms with E-state index in [1.54, 1.807) is 0 Å². The highest BCUT2D eigenvalue weighted by Gasteiger charge is 1.99. The van der Waals surface area contributed by atoms with Crippen molar-refractivity contribution in [2.45, 2.75) is 0 Å². The van der Waals surface area contributed by atoms with Gasteiger partial charge in [0.05, 0.1) is 6.33 Å². The Balaban J connectivity index is 2.14. The van der Waals surface area contributed by atoms with Crippen molar-refractivity contribution in [2.75, 3.05) is 13.2 Å². The van der Waals surface area contributed by atoms with Gasteiger partial charge >= 0.3 is 0 Å². The molecule has 0 amide bonds. The fourth-order valence-electron chi connectivity index (χ4n) is 1.57. The van der Waals surface area contributed by atoms with Crippen LogP contribution in [0.4, 0.5) is 4.39 Å². The third-order valence-electron chi connectivity index (χ3n) is 2.56. The van der Waals surface area contributed by atoms with E-state index in [1.807, 2.05) is 42.5 Å². The monoisotopic (exact) mass is 231 g/mol. The maximum atomic E-state index is 12.3. The third kappa shape index (κ3) is 2.82. The number of rotatable bonds is 4. The van der Waals surface area contributed by atoms with Crippen LogP contribution in [0.1, 0.15) is 0 Å². The second-order valence-corrected chi connectivity index (χ2v) is 3.77. The molecule has 0 unspecified atom stereocenters. The zero-order chi connectivity index (χ0) is 12.1. The SMILES string of the molecule is NCC(=CF)COc1ccc2ccccc2c1. The molecule has 0 heterocycles. The molecular formula is C14H14FNO. The van der Waals surface area contributed by atoms with Crippen LogP contribution in [0.15, 0.2) is 54.4 Å². The highest BCUT2D eigenvalue weighted by Crippen LogP contribution is 2.20. The predicted octanol–water partition coefficient (Wildman–Crippen LogP) is 3.03. The van der Waals surface area contributed by atoms with Crippen molar-refractivity contribution in [3.63, 3.8) is 0 Å². The minimum Gasteiger partial charge on any atom is -0.489 e. The second-order valence-electron chi connectivity index (χ2n) is 3.77. The summed E-state index contributed by atoms with van der Waals surface area (Å²) >= 11 is 0. The van der Waals surface area contributed by atoms with Crippen LogP contribution in [0.3, 0.4) is 0 Å². The number of hydrogen-bond donors (Lipinski definition) is 1. The van der Waals surface area contributed by atoms with Crippen molar-refractivity contribution in [1.29, 1.82) is 0 Å². The average Bonchev–Trinajstić information content (AvgIpc) is 2.40. The standard InChI is InChI=1S/C14H14FNO/c15-8-11(9-16)10-17-14-6-5-12-3-1-2-4-13(12)7-14/h1-8H,9-10,16H2. The summed E-state index contributed by atoms with van der Waals surface area (Å²) in [6.07, 6.45) is 0.501. The molecule has 0 aliphatic rings.